The molecule has 0 spiro atoms. The Bertz CT molecular complexity index is 1140. The zero-order valence-corrected chi connectivity index (χ0v) is 16.4. The van der Waals surface area contributed by atoms with Crippen molar-refractivity contribution in [2.75, 3.05) is 16.8 Å². The summed E-state index contributed by atoms with van der Waals surface area (Å²) < 4.78 is 5.22. The van der Waals surface area contributed by atoms with Crippen molar-refractivity contribution in [1.82, 2.24) is 0 Å². The van der Waals surface area contributed by atoms with Gasteiger partial charge in [0.05, 0.1) is 11.2 Å². The van der Waals surface area contributed by atoms with Gasteiger partial charge in [0.25, 0.3) is 17.5 Å². The number of furan rings is 1. The standard InChI is InChI=1S/C21H16ClN3O5/c22-14-5-7-18(25(28)29)16(12-14)20(26)23-15-6-8-17-13(11-15)3-1-9-24(17)21(27)19-4-2-10-30-19/h2,4-8,10-12H,1,3,9H2,(H,23,26). The molecule has 9 heteroatoms. The van der Waals surface area contributed by atoms with E-state index in [0.717, 1.165) is 24.1 Å². The maximum Gasteiger partial charge on any atom is 0.293 e. The van der Waals surface area contributed by atoms with Crippen molar-refractivity contribution in [2.45, 2.75) is 12.8 Å². The van der Waals surface area contributed by atoms with Crippen LogP contribution in [0.3, 0.4) is 0 Å². The number of aryl methyl sites for hydroxylation is 1. The van der Waals surface area contributed by atoms with E-state index in [1.54, 1.807) is 35.2 Å². The average Bonchev–Trinajstić information content (AvgIpc) is 3.27. The summed E-state index contributed by atoms with van der Waals surface area (Å²) in [5.74, 6) is -0.607. The third-order valence-electron chi connectivity index (χ3n) is 4.83. The minimum Gasteiger partial charge on any atom is -0.459 e. The van der Waals surface area contributed by atoms with E-state index in [1.165, 1.54) is 24.5 Å². The van der Waals surface area contributed by atoms with Gasteiger partial charge < -0.3 is 14.6 Å². The van der Waals surface area contributed by atoms with Crippen LogP contribution < -0.4 is 10.2 Å². The number of anilines is 2. The summed E-state index contributed by atoms with van der Waals surface area (Å²) in [7, 11) is 0. The van der Waals surface area contributed by atoms with Crippen LogP contribution in [0.1, 0.15) is 32.9 Å². The zero-order chi connectivity index (χ0) is 21.3. The number of nitro groups is 1. The number of nitrogens with zero attached hydrogens (tertiary/aromatic N) is 2. The van der Waals surface area contributed by atoms with Crippen LogP contribution in [-0.2, 0) is 6.42 Å². The molecule has 2 aromatic carbocycles. The Balaban J connectivity index is 1.59. The number of benzene rings is 2. The molecule has 0 fully saturated rings. The molecule has 2 heterocycles. The molecule has 0 bridgehead atoms. The Hall–Kier alpha value is -3.65. The van der Waals surface area contributed by atoms with Crippen LogP contribution in [0.15, 0.2) is 59.2 Å². The molecule has 0 atom stereocenters. The number of halogens is 1. The second-order valence-corrected chi connectivity index (χ2v) is 7.19. The van der Waals surface area contributed by atoms with Crippen molar-refractivity contribution in [3.05, 3.63) is 86.8 Å². The van der Waals surface area contributed by atoms with Crippen molar-refractivity contribution in [3.8, 4) is 0 Å². The quantitative estimate of drug-likeness (QED) is 0.482. The molecule has 1 aliphatic rings. The van der Waals surface area contributed by atoms with Gasteiger partial charge in [0.15, 0.2) is 5.76 Å². The highest BCUT2D eigenvalue weighted by Gasteiger charge is 2.26. The predicted octanol–water partition coefficient (Wildman–Crippen LogP) is 4.69. The van der Waals surface area contributed by atoms with Crippen molar-refractivity contribution in [1.29, 1.82) is 0 Å². The Morgan fingerprint density at radius 1 is 1.17 bits per heavy atom. The highest BCUT2D eigenvalue weighted by molar-refractivity contribution is 6.31. The maximum absolute atomic E-state index is 12.7. The molecular formula is C21H16ClN3O5. The minimum atomic E-state index is -0.636. The van der Waals surface area contributed by atoms with E-state index in [2.05, 4.69) is 5.32 Å². The number of hydrogen-bond acceptors (Lipinski definition) is 5. The molecule has 0 radical (unpaired) electrons. The van der Waals surface area contributed by atoms with Crippen molar-refractivity contribution in [3.63, 3.8) is 0 Å². The summed E-state index contributed by atoms with van der Waals surface area (Å²) >= 11 is 5.90. The van der Waals surface area contributed by atoms with Crippen LogP contribution in [0.5, 0.6) is 0 Å². The van der Waals surface area contributed by atoms with Gasteiger partial charge in [-0.3, -0.25) is 19.7 Å². The molecule has 3 aromatic rings. The number of rotatable bonds is 4. The lowest BCUT2D eigenvalue weighted by atomic mass is 10.0. The molecular weight excluding hydrogens is 410 g/mol. The van der Waals surface area contributed by atoms with Crippen LogP contribution in [0.2, 0.25) is 5.02 Å². The second kappa shape index (κ2) is 8.00. The fourth-order valence-corrected chi connectivity index (χ4v) is 3.64. The van der Waals surface area contributed by atoms with E-state index in [1.807, 2.05) is 0 Å². The number of carbonyl (C=O) groups is 2. The smallest absolute Gasteiger partial charge is 0.293 e. The van der Waals surface area contributed by atoms with Crippen molar-refractivity contribution >= 4 is 40.5 Å². The fraction of sp³-hybridized carbons (Fsp3) is 0.143. The Morgan fingerprint density at radius 3 is 2.73 bits per heavy atom. The van der Waals surface area contributed by atoms with Gasteiger partial charge in [0.2, 0.25) is 0 Å². The fourth-order valence-electron chi connectivity index (χ4n) is 3.47. The summed E-state index contributed by atoms with van der Waals surface area (Å²) in [5.41, 5.74) is 1.65. The largest absolute Gasteiger partial charge is 0.459 e. The number of fused-ring (bicyclic) bond motifs is 1. The first-order valence-corrected chi connectivity index (χ1v) is 9.55. The van der Waals surface area contributed by atoms with E-state index < -0.39 is 10.8 Å². The lowest BCUT2D eigenvalue weighted by Gasteiger charge is -2.29. The molecule has 1 aliphatic heterocycles. The maximum atomic E-state index is 12.7. The molecule has 2 amide bonds. The molecule has 1 N–H and O–H groups in total. The summed E-state index contributed by atoms with van der Waals surface area (Å²) in [4.78, 5) is 37.6. The summed E-state index contributed by atoms with van der Waals surface area (Å²) in [5, 5.41) is 14.1. The zero-order valence-electron chi connectivity index (χ0n) is 15.6. The highest BCUT2D eigenvalue weighted by Crippen LogP contribution is 2.31. The van der Waals surface area contributed by atoms with Gasteiger partial charge in [-0.2, -0.15) is 0 Å². The lowest BCUT2D eigenvalue weighted by Crippen LogP contribution is -2.35. The normalized spacial score (nSPS) is 12.9. The number of carbonyl (C=O) groups excluding carboxylic acids is 2. The topological polar surface area (TPSA) is 106 Å². The van der Waals surface area contributed by atoms with Gasteiger partial charge in [-0.1, -0.05) is 11.6 Å². The van der Waals surface area contributed by atoms with Crippen LogP contribution in [-0.4, -0.2) is 23.3 Å². The predicted molar refractivity (Wildman–Crippen MR) is 111 cm³/mol. The molecule has 4 rings (SSSR count). The highest BCUT2D eigenvalue weighted by atomic mass is 35.5. The molecule has 0 aliphatic carbocycles. The molecule has 0 saturated carbocycles. The number of amides is 2. The lowest BCUT2D eigenvalue weighted by molar-refractivity contribution is -0.385. The number of nitro benzene ring substituents is 1. The first-order valence-electron chi connectivity index (χ1n) is 9.17. The first kappa shape index (κ1) is 19.7. The monoisotopic (exact) mass is 425 g/mol. The van der Waals surface area contributed by atoms with Crippen LogP contribution in [0.25, 0.3) is 0 Å². The average molecular weight is 426 g/mol. The third-order valence-corrected chi connectivity index (χ3v) is 5.07. The summed E-state index contributed by atoms with van der Waals surface area (Å²) in [6, 6.07) is 12.3. The van der Waals surface area contributed by atoms with E-state index >= 15 is 0 Å². The first-order chi connectivity index (χ1) is 14.4. The van der Waals surface area contributed by atoms with Crippen LogP contribution >= 0.6 is 11.6 Å². The van der Waals surface area contributed by atoms with Gasteiger partial charge >= 0.3 is 0 Å². The second-order valence-electron chi connectivity index (χ2n) is 6.75. The van der Waals surface area contributed by atoms with Crippen LogP contribution in [0.4, 0.5) is 17.1 Å². The van der Waals surface area contributed by atoms with E-state index in [-0.39, 0.29) is 27.9 Å². The molecule has 1 aromatic heterocycles. The molecule has 152 valence electrons. The van der Waals surface area contributed by atoms with E-state index in [9.17, 15) is 19.7 Å². The van der Waals surface area contributed by atoms with Crippen LogP contribution in [0, 0.1) is 10.1 Å². The van der Waals surface area contributed by atoms with Gasteiger partial charge in [-0.25, -0.2) is 0 Å². The van der Waals surface area contributed by atoms with Gasteiger partial charge in [-0.05, 0) is 60.9 Å². The molecule has 0 unspecified atom stereocenters. The summed E-state index contributed by atoms with van der Waals surface area (Å²) in [6.45, 7) is 0.562. The summed E-state index contributed by atoms with van der Waals surface area (Å²) in [6.07, 6.45) is 2.95. The molecule has 30 heavy (non-hydrogen) atoms. The van der Waals surface area contributed by atoms with Crippen molar-refractivity contribution < 1.29 is 18.9 Å². The Kier molecular flexibility index (Phi) is 5.24. The van der Waals surface area contributed by atoms with Gasteiger partial charge in [-0.15, -0.1) is 0 Å². The SMILES string of the molecule is O=C(Nc1ccc2c(c1)CCCN2C(=O)c1ccco1)c1cc(Cl)ccc1[N+](=O)[O-]. The number of hydrogen-bond donors (Lipinski definition) is 1. The van der Waals surface area contributed by atoms with Gasteiger partial charge in [0.1, 0.15) is 5.56 Å². The van der Waals surface area contributed by atoms with E-state index in [4.69, 9.17) is 16.0 Å². The van der Waals surface area contributed by atoms with Crippen molar-refractivity contribution in [2.24, 2.45) is 0 Å². The third kappa shape index (κ3) is 3.77. The molecule has 0 saturated heterocycles. The Morgan fingerprint density at radius 2 is 2.00 bits per heavy atom. The van der Waals surface area contributed by atoms with E-state index in [0.29, 0.717) is 12.2 Å². The van der Waals surface area contributed by atoms with Gasteiger partial charge in [0, 0.05) is 29.0 Å². The Labute approximate surface area is 176 Å². The molecule has 8 nitrogen and oxygen atoms in total. The minimum absolute atomic E-state index is 0.125. The number of nitrogens with one attached hydrogen (secondary N) is 1.